The predicted octanol–water partition coefficient (Wildman–Crippen LogP) is 1.29. The molecule has 0 aromatic rings. The van der Waals surface area contributed by atoms with E-state index in [1.807, 2.05) is 13.8 Å². The molecule has 2 amide bonds. The van der Waals surface area contributed by atoms with Crippen LogP contribution in [-0.2, 0) is 4.79 Å². The lowest BCUT2D eigenvalue weighted by Crippen LogP contribution is -2.56. The normalized spacial score (nSPS) is 18.4. The van der Waals surface area contributed by atoms with Gasteiger partial charge in [-0.2, -0.15) is 0 Å². The lowest BCUT2D eigenvalue weighted by atomic mass is 9.92. The number of amides is 2. The fraction of sp³-hybridized carbons (Fsp3) is 0.818. The van der Waals surface area contributed by atoms with E-state index in [0.29, 0.717) is 13.1 Å². The Morgan fingerprint density at radius 2 is 2.12 bits per heavy atom. The third kappa shape index (κ3) is 2.65. The first kappa shape index (κ1) is 12.8. The van der Waals surface area contributed by atoms with Crippen LogP contribution in [0.2, 0.25) is 0 Å². The Labute approximate surface area is 95.8 Å². The zero-order chi connectivity index (χ0) is 12.1. The summed E-state index contributed by atoms with van der Waals surface area (Å²) >= 11 is 0. The molecule has 1 rings (SSSR count). The van der Waals surface area contributed by atoms with Crippen LogP contribution in [0.25, 0.3) is 0 Å². The van der Waals surface area contributed by atoms with Crippen molar-refractivity contribution in [3.05, 3.63) is 0 Å². The standard InChI is InChI=1S/C11H20N2O3/c1-3-8(4-2)9(10(14)15)13-7-5-6-12-11(13)16/h8-9H,3-7H2,1-2H3,(H,12,16)(H,14,15)/t9-/m0/s1. The highest BCUT2D eigenvalue weighted by Crippen LogP contribution is 2.20. The van der Waals surface area contributed by atoms with E-state index >= 15 is 0 Å². The molecule has 0 aliphatic carbocycles. The van der Waals surface area contributed by atoms with Crippen molar-refractivity contribution in [3.8, 4) is 0 Å². The maximum absolute atomic E-state index is 11.6. The second-order valence-corrected chi connectivity index (χ2v) is 4.14. The summed E-state index contributed by atoms with van der Waals surface area (Å²) in [6.45, 7) is 5.11. The van der Waals surface area contributed by atoms with E-state index in [2.05, 4.69) is 5.32 Å². The van der Waals surface area contributed by atoms with Gasteiger partial charge in [0.15, 0.2) is 0 Å². The molecule has 1 saturated heterocycles. The van der Waals surface area contributed by atoms with Gasteiger partial charge in [0.25, 0.3) is 0 Å². The number of carbonyl (C=O) groups excluding carboxylic acids is 1. The Bertz CT molecular complexity index is 264. The highest BCUT2D eigenvalue weighted by atomic mass is 16.4. The van der Waals surface area contributed by atoms with Crippen molar-refractivity contribution in [2.45, 2.75) is 39.2 Å². The van der Waals surface area contributed by atoms with Crippen molar-refractivity contribution in [3.63, 3.8) is 0 Å². The predicted molar refractivity (Wildman–Crippen MR) is 60.2 cm³/mol. The van der Waals surface area contributed by atoms with Crippen molar-refractivity contribution in [1.82, 2.24) is 10.2 Å². The topological polar surface area (TPSA) is 69.6 Å². The molecule has 0 saturated carbocycles. The van der Waals surface area contributed by atoms with Crippen molar-refractivity contribution in [1.29, 1.82) is 0 Å². The van der Waals surface area contributed by atoms with Gasteiger partial charge in [-0.05, 0) is 12.3 Å². The summed E-state index contributed by atoms with van der Waals surface area (Å²) in [5.41, 5.74) is 0. The van der Waals surface area contributed by atoms with Crippen LogP contribution >= 0.6 is 0 Å². The van der Waals surface area contributed by atoms with Gasteiger partial charge in [0.2, 0.25) is 0 Å². The van der Waals surface area contributed by atoms with Crippen LogP contribution < -0.4 is 5.32 Å². The van der Waals surface area contributed by atoms with Crippen LogP contribution in [0, 0.1) is 5.92 Å². The summed E-state index contributed by atoms with van der Waals surface area (Å²) in [5, 5.41) is 11.9. The summed E-state index contributed by atoms with van der Waals surface area (Å²) in [4.78, 5) is 24.4. The first-order chi connectivity index (χ1) is 7.61. The lowest BCUT2D eigenvalue weighted by molar-refractivity contribution is -0.144. The summed E-state index contributed by atoms with van der Waals surface area (Å²) < 4.78 is 0. The van der Waals surface area contributed by atoms with Crippen LogP contribution in [0.5, 0.6) is 0 Å². The SMILES string of the molecule is CCC(CC)[C@@H](C(=O)O)N1CCCNC1=O. The van der Waals surface area contributed by atoms with E-state index < -0.39 is 12.0 Å². The minimum Gasteiger partial charge on any atom is -0.480 e. The number of nitrogens with one attached hydrogen (secondary N) is 1. The van der Waals surface area contributed by atoms with Gasteiger partial charge in [-0.15, -0.1) is 0 Å². The van der Waals surface area contributed by atoms with E-state index in [4.69, 9.17) is 0 Å². The Morgan fingerprint density at radius 3 is 2.56 bits per heavy atom. The molecule has 1 heterocycles. The van der Waals surface area contributed by atoms with Crippen molar-refractivity contribution in [2.75, 3.05) is 13.1 Å². The molecular weight excluding hydrogens is 208 g/mol. The Morgan fingerprint density at radius 1 is 1.50 bits per heavy atom. The number of carbonyl (C=O) groups is 2. The number of aliphatic carboxylic acids is 1. The average Bonchev–Trinajstić information content (AvgIpc) is 2.27. The fourth-order valence-electron chi connectivity index (χ4n) is 2.24. The lowest BCUT2D eigenvalue weighted by Gasteiger charge is -2.36. The Hall–Kier alpha value is -1.26. The molecular formula is C11H20N2O3. The van der Waals surface area contributed by atoms with Crippen LogP contribution in [0.3, 0.4) is 0 Å². The van der Waals surface area contributed by atoms with Gasteiger partial charge >= 0.3 is 12.0 Å². The number of nitrogens with zero attached hydrogens (tertiary/aromatic N) is 1. The van der Waals surface area contributed by atoms with Gasteiger partial charge in [-0.25, -0.2) is 9.59 Å². The highest BCUT2D eigenvalue weighted by molar-refractivity contribution is 5.83. The van der Waals surface area contributed by atoms with Crippen molar-refractivity contribution < 1.29 is 14.7 Å². The minimum absolute atomic E-state index is 0.0290. The molecule has 16 heavy (non-hydrogen) atoms. The number of urea groups is 1. The van der Waals surface area contributed by atoms with Crippen LogP contribution in [0.4, 0.5) is 4.79 Å². The van der Waals surface area contributed by atoms with Crippen LogP contribution in [-0.4, -0.2) is 41.1 Å². The quantitative estimate of drug-likeness (QED) is 0.745. The molecule has 0 spiro atoms. The van der Waals surface area contributed by atoms with Gasteiger partial charge in [-0.1, -0.05) is 26.7 Å². The second kappa shape index (κ2) is 5.72. The number of hydrogen-bond donors (Lipinski definition) is 2. The number of hydrogen-bond acceptors (Lipinski definition) is 2. The van der Waals surface area contributed by atoms with E-state index in [1.165, 1.54) is 4.90 Å². The molecule has 0 radical (unpaired) electrons. The van der Waals surface area contributed by atoms with Crippen molar-refractivity contribution >= 4 is 12.0 Å². The van der Waals surface area contributed by atoms with Gasteiger partial charge in [0.05, 0.1) is 0 Å². The molecule has 1 aliphatic heterocycles. The molecule has 92 valence electrons. The smallest absolute Gasteiger partial charge is 0.326 e. The average molecular weight is 228 g/mol. The van der Waals surface area contributed by atoms with E-state index in [9.17, 15) is 14.7 Å². The fourth-order valence-corrected chi connectivity index (χ4v) is 2.24. The molecule has 0 bridgehead atoms. The number of carboxylic acids is 1. The van der Waals surface area contributed by atoms with E-state index in [-0.39, 0.29) is 11.9 Å². The van der Waals surface area contributed by atoms with Gasteiger partial charge in [-0.3, -0.25) is 0 Å². The second-order valence-electron chi connectivity index (χ2n) is 4.14. The Balaban J connectivity index is 2.82. The molecule has 5 heteroatoms. The summed E-state index contributed by atoms with van der Waals surface area (Å²) in [6.07, 6.45) is 2.37. The summed E-state index contributed by atoms with van der Waals surface area (Å²) in [7, 11) is 0. The minimum atomic E-state index is -0.897. The molecule has 2 N–H and O–H groups in total. The summed E-state index contributed by atoms with van der Waals surface area (Å²) in [6, 6.07) is -0.930. The molecule has 5 nitrogen and oxygen atoms in total. The maximum atomic E-state index is 11.6. The van der Waals surface area contributed by atoms with Crippen LogP contribution in [0.1, 0.15) is 33.1 Å². The van der Waals surface area contributed by atoms with E-state index in [0.717, 1.165) is 19.3 Å². The highest BCUT2D eigenvalue weighted by Gasteiger charge is 2.35. The zero-order valence-corrected chi connectivity index (χ0v) is 9.90. The monoisotopic (exact) mass is 228 g/mol. The third-order valence-corrected chi connectivity index (χ3v) is 3.20. The summed E-state index contributed by atoms with van der Waals surface area (Å²) in [5.74, 6) is -0.868. The van der Waals surface area contributed by atoms with Gasteiger partial charge in [0.1, 0.15) is 6.04 Å². The van der Waals surface area contributed by atoms with Gasteiger partial charge in [0, 0.05) is 13.1 Å². The molecule has 0 aromatic carbocycles. The molecule has 1 atom stereocenters. The maximum Gasteiger partial charge on any atom is 0.326 e. The first-order valence-corrected chi connectivity index (χ1v) is 5.89. The zero-order valence-electron chi connectivity index (χ0n) is 9.90. The largest absolute Gasteiger partial charge is 0.480 e. The number of carboxylic acid groups (broad SMARTS) is 1. The van der Waals surface area contributed by atoms with Gasteiger partial charge < -0.3 is 15.3 Å². The van der Waals surface area contributed by atoms with Crippen molar-refractivity contribution in [2.24, 2.45) is 5.92 Å². The molecule has 0 aromatic heterocycles. The molecule has 0 unspecified atom stereocenters. The number of rotatable bonds is 5. The first-order valence-electron chi connectivity index (χ1n) is 5.89. The Kier molecular flexibility index (Phi) is 4.58. The van der Waals surface area contributed by atoms with Crippen LogP contribution in [0.15, 0.2) is 0 Å². The molecule has 1 aliphatic rings. The van der Waals surface area contributed by atoms with E-state index in [1.54, 1.807) is 0 Å². The third-order valence-electron chi connectivity index (χ3n) is 3.20. The molecule has 1 fully saturated rings.